The number of halogens is 1. The fourth-order valence-corrected chi connectivity index (χ4v) is 1.17. The SMILES string of the molecule is CC(C)(CO)NC(=O)c1ncccc1Cl. The number of aliphatic hydroxyl groups is 1. The first kappa shape index (κ1) is 11.9. The molecule has 0 bridgehead atoms. The third-order valence-electron chi connectivity index (χ3n) is 1.82. The van der Waals surface area contributed by atoms with E-state index in [1.54, 1.807) is 26.0 Å². The van der Waals surface area contributed by atoms with E-state index in [-0.39, 0.29) is 18.2 Å². The summed E-state index contributed by atoms with van der Waals surface area (Å²) in [5.74, 6) is -0.389. The second-order valence-corrected chi connectivity index (χ2v) is 4.24. The Balaban J connectivity index is 2.83. The molecule has 5 heteroatoms. The van der Waals surface area contributed by atoms with Gasteiger partial charge in [0.05, 0.1) is 17.2 Å². The molecule has 1 heterocycles. The van der Waals surface area contributed by atoms with Crippen LogP contribution >= 0.6 is 11.6 Å². The predicted octanol–water partition coefficient (Wildman–Crippen LogP) is 1.24. The second-order valence-electron chi connectivity index (χ2n) is 3.83. The maximum Gasteiger partial charge on any atom is 0.271 e. The van der Waals surface area contributed by atoms with Crippen LogP contribution in [0.25, 0.3) is 0 Å². The predicted molar refractivity (Wildman–Crippen MR) is 57.9 cm³/mol. The van der Waals surface area contributed by atoms with Crippen molar-refractivity contribution in [2.45, 2.75) is 19.4 Å². The van der Waals surface area contributed by atoms with E-state index in [9.17, 15) is 4.79 Å². The number of carbonyl (C=O) groups is 1. The summed E-state index contributed by atoms with van der Waals surface area (Å²) in [6.07, 6.45) is 1.49. The number of hydrogen-bond acceptors (Lipinski definition) is 3. The molecule has 0 aliphatic carbocycles. The van der Waals surface area contributed by atoms with Gasteiger partial charge in [-0.1, -0.05) is 11.6 Å². The zero-order valence-electron chi connectivity index (χ0n) is 8.62. The summed E-state index contributed by atoms with van der Waals surface area (Å²) in [5, 5.41) is 11.9. The topological polar surface area (TPSA) is 62.2 Å². The van der Waals surface area contributed by atoms with Gasteiger partial charge in [-0.15, -0.1) is 0 Å². The molecule has 4 nitrogen and oxygen atoms in total. The number of nitrogens with zero attached hydrogens (tertiary/aromatic N) is 1. The molecule has 0 atom stereocenters. The number of rotatable bonds is 3. The summed E-state index contributed by atoms with van der Waals surface area (Å²) >= 11 is 5.81. The number of aliphatic hydroxyl groups excluding tert-OH is 1. The summed E-state index contributed by atoms with van der Waals surface area (Å²) in [6.45, 7) is 3.27. The lowest BCUT2D eigenvalue weighted by molar-refractivity contribution is 0.0864. The number of amides is 1. The number of hydrogen-bond donors (Lipinski definition) is 2. The summed E-state index contributed by atoms with van der Waals surface area (Å²) in [5.41, 5.74) is -0.515. The van der Waals surface area contributed by atoms with E-state index in [2.05, 4.69) is 10.3 Å². The minimum Gasteiger partial charge on any atom is -0.394 e. The Hall–Kier alpha value is -1.13. The van der Waals surface area contributed by atoms with Gasteiger partial charge in [-0.2, -0.15) is 0 Å². The van der Waals surface area contributed by atoms with Crippen LogP contribution in [0.1, 0.15) is 24.3 Å². The molecule has 82 valence electrons. The molecule has 0 unspecified atom stereocenters. The molecule has 0 spiro atoms. The van der Waals surface area contributed by atoms with Crippen LogP contribution in [-0.4, -0.2) is 28.1 Å². The van der Waals surface area contributed by atoms with E-state index in [1.165, 1.54) is 6.20 Å². The molecule has 0 aromatic carbocycles. The minimum absolute atomic E-state index is 0.150. The van der Waals surface area contributed by atoms with Crippen LogP contribution < -0.4 is 5.32 Å². The van der Waals surface area contributed by atoms with Gasteiger partial charge < -0.3 is 10.4 Å². The summed E-state index contributed by atoms with van der Waals surface area (Å²) in [7, 11) is 0. The van der Waals surface area contributed by atoms with E-state index in [0.717, 1.165) is 0 Å². The molecule has 1 aromatic heterocycles. The summed E-state index contributed by atoms with van der Waals surface area (Å²) in [6, 6.07) is 3.24. The quantitative estimate of drug-likeness (QED) is 0.818. The van der Waals surface area contributed by atoms with Crippen molar-refractivity contribution < 1.29 is 9.90 Å². The van der Waals surface area contributed by atoms with E-state index in [1.807, 2.05) is 0 Å². The first-order valence-corrected chi connectivity index (χ1v) is 4.88. The molecule has 15 heavy (non-hydrogen) atoms. The molecule has 0 fully saturated rings. The lowest BCUT2D eigenvalue weighted by Crippen LogP contribution is -2.46. The molecule has 0 saturated carbocycles. The Labute approximate surface area is 93.3 Å². The molecular formula is C10H13ClN2O2. The van der Waals surface area contributed by atoms with Crippen LogP contribution in [0.2, 0.25) is 5.02 Å². The largest absolute Gasteiger partial charge is 0.394 e. The smallest absolute Gasteiger partial charge is 0.271 e. The maximum atomic E-state index is 11.7. The fraction of sp³-hybridized carbons (Fsp3) is 0.400. The molecule has 1 aromatic rings. The average Bonchev–Trinajstić information content (AvgIpc) is 2.17. The highest BCUT2D eigenvalue weighted by Gasteiger charge is 2.21. The normalized spacial score (nSPS) is 11.2. The van der Waals surface area contributed by atoms with Gasteiger partial charge in [0.15, 0.2) is 0 Å². The zero-order valence-corrected chi connectivity index (χ0v) is 9.38. The van der Waals surface area contributed by atoms with Crippen LogP contribution in [0, 0.1) is 0 Å². The van der Waals surface area contributed by atoms with Gasteiger partial charge in [0.2, 0.25) is 0 Å². The van der Waals surface area contributed by atoms with Crippen molar-refractivity contribution in [3.8, 4) is 0 Å². The Kier molecular flexibility index (Phi) is 3.66. The molecule has 0 aliphatic heterocycles. The average molecular weight is 229 g/mol. The molecule has 1 rings (SSSR count). The number of aromatic nitrogens is 1. The third-order valence-corrected chi connectivity index (χ3v) is 2.13. The first-order valence-electron chi connectivity index (χ1n) is 4.50. The van der Waals surface area contributed by atoms with Gasteiger partial charge in [-0.05, 0) is 26.0 Å². The third kappa shape index (κ3) is 3.18. The molecule has 0 radical (unpaired) electrons. The molecular weight excluding hydrogens is 216 g/mol. The fourth-order valence-electron chi connectivity index (χ4n) is 0.959. The Morgan fingerprint density at radius 1 is 1.67 bits per heavy atom. The second kappa shape index (κ2) is 4.59. The summed E-state index contributed by atoms with van der Waals surface area (Å²) < 4.78 is 0. The van der Waals surface area contributed by atoms with Crippen LogP contribution in [-0.2, 0) is 0 Å². The van der Waals surface area contributed by atoms with E-state index in [4.69, 9.17) is 16.7 Å². The standard InChI is InChI=1S/C10H13ClN2O2/c1-10(2,6-14)13-9(15)8-7(11)4-3-5-12-8/h3-5,14H,6H2,1-2H3,(H,13,15). The highest BCUT2D eigenvalue weighted by molar-refractivity contribution is 6.33. The Morgan fingerprint density at radius 2 is 2.33 bits per heavy atom. The Morgan fingerprint density at radius 3 is 2.87 bits per heavy atom. The number of nitrogens with one attached hydrogen (secondary N) is 1. The molecule has 2 N–H and O–H groups in total. The zero-order chi connectivity index (χ0) is 11.5. The Bertz CT molecular complexity index is 366. The molecule has 1 amide bonds. The van der Waals surface area contributed by atoms with Gasteiger partial charge in [0.25, 0.3) is 5.91 Å². The van der Waals surface area contributed by atoms with Crippen LogP contribution in [0.3, 0.4) is 0 Å². The highest BCUT2D eigenvalue weighted by atomic mass is 35.5. The van der Waals surface area contributed by atoms with Crippen LogP contribution in [0.4, 0.5) is 0 Å². The summed E-state index contributed by atoms with van der Waals surface area (Å²) in [4.78, 5) is 15.5. The van der Waals surface area contributed by atoms with Gasteiger partial charge in [-0.25, -0.2) is 4.98 Å². The lowest BCUT2D eigenvalue weighted by atomic mass is 10.1. The van der Waals surface area contributed by atoms with Crippen molar-refractivity contribution in [3.05, 3.63) is 29.0 Å². The van der Waals surface area contributed by atoms with Crippen molar-refractivity contribution in [1.29, 1.82) is 0 Å². The van der Waals surface area contributed by atoms with Crippen molar-refractivity contribution in [3.63, 3.8) is 0 Å². The van der Waals surface area contributed by atoms with Crippen molar-refractivity contribution in [1.82, 2.24) is 10.3 Å². The van der Waals surface area contributed by atoms with Gasteiger partial charge in [0, 0.05) is 6.20 Å². The van der Waals surface area contributed by atoms with Gasteiger partial charge in [-0.3, -0.25) is 4.79 Å². The van der Waals surface area contributed by atoms with Crippen molar-refractivity contribution in [2.24, 2.45) is 0 Å². The molecule has 0 aliphatic rings. The van der Waals surface area contributed by atoms with Gasteiger partial charge >= 0.3 is 0 Å². The first-order chi connectivity index (χ1) is 6.96. The van der Waals surface area contributed by atoms with Crippen LogP contribution in [0.5, 0.6) is 0 Å². The highest BCUT2D eigenvalue weighted by Crippen LogP contribution is 2.13. The lowest BCUT2D eigenvalue weighted by Gasteiger charge is -2.23. The van der Waals surface area contributed by atoms with Crippen LogP contribution in [0.15, 0.2) is 18.3 Å². The van der Waals surface area contributed by atoms with E-state index < -0.39 is 5.54 Å². The van der Waals surface area contributed by atoms with E-state index >= 15 is 0 Å². The van der Waals surface area contributed by atoms with Crippen molar-refractivity contribution in [2.75, 3.05) is 6.61 Å². The van der Waals surface area contributed by atoms with E-state index in [0.29, 0.717) is 5.02 Å². The maximum absolute atomic E-state index is 11.7. The number of carbonyl (C=O) groups excluding carboxylic acids is 1. The number of pyridine rings is 1. The molecule has 0 saturated heterocycles. The van der Waals surface area contributed by atoms with Crippen molar-refractivity contribution >= 4 is 17.5 Å². The monoisotopic (exact) mass is 228 g/mol. The minimum atomic E-state index is -0.683. The van der Waals surface area contributed by atoms with Gasteiger partial charge in [0.1, 0.15) is 5.69 Å².